The van der Waals surface area contributed by atoms with E-state index in [2.05, 4.69) is 5.32 Å². The van der Waals surface area contributed by atoms with Crippen molar-refractivity contribution >= 4 is 17.5 Å². The fraction of sp³-hybridized carbons (Fsp3) is 0.333. The molecular weight excluding hydrogens is 269 g/mol. The van der Waals surface area contributed by atoms with Crippen LogP contribution in [0.4, 0.5) is 10.1 Å². The third-order valence-electron chi connectivity index (χ3n) is 2.57. The second kappa shape index (κ2) is 6.09. The Morgan fingerprint density at radius 2 is 2.00 bits per heavy atom. The predicted molar refractivity (Wildman–Crippen MR) is 68.7 cm³/mol. The van der Waals surface area contributed by atoms with Gasteiger partial charge >= 0.3 is 5.69 Å². The number of amides is 2. The number of benzene rings is 1. The summed E-state index contributed by atoms with van der Waals surface area (Å²) in [6.07, 6.45) is 0. The van der Waals surface area contributed by atoms with E-state index in [4.69, 9.17) is 0 Å². The van der Waals surface area contributed by atoms with Crippen LogP contribution < -0.4 is 5.32 Å². The summed E-state index contributed by atoms with van der Waals surface area (Å²) in [4.78, 5) is 34.3. The lowest BCUT2D eigenvalue weighted by Crippen LogP contribution is -2.44. The third kappa shape index (κ3) is 3.50. The van der Waals surface area contributed by atoms with E-state index in [1.54, 1.807) is 0 Å². The number of nitro groups is 1. The van der Waals surface area contributed by atoms with Crippen molar-refractivity contribution in [2.24, 2.45) is 0 Å². The zero-order chi connectivity index (χ0) is 15.4. The molecule has 0 bridgehead atoms. The maximum atomic E-state index is 13.4. The molecule has 0 aliphatic heterocycles. The lowest BCUT2D eigenvalue weighted by atomic mass is 10.1. The summed E-state index contributed by atoms with van der Waals surface area (Å²) in [7, 11) is 3.08. The van der Waals surface area contributed by atoms with E-state index < -0.39 is 28.4 Å². The number of carbonyl (C=O) groups is 2. The Bertz CT molecular complexity index is 560. The molecule has 1 rings (SSSR count). The molecule has 1 unspecified atom stereocenters. The molecule has 1 atom stereocenters. The Kier molecular flexibility index (Phi) is 4.73. The van der Waals surface area contributed by atoms with E-state index in [1.807, 2.05) is 0 Å². The van der Waals surface area contributed by atoms with Gasteiger partial charge in [0.15, 0.2) is 0 Å². The van der Waals surface area contributed by atoms with E-state index in [-0.39, 0.29) is 11.5 Å². The first kappa shape index (κ1) is 15.5. The Morgan fingerprint density at radius 3 is 2.45 bits per heavy atom. The van der Waals surface area contributed by atoms with Crippen LogP contribution in [0.1, 0.15) is 17.3 Å². The van der Waals surface area contributed by atoms with Crippen molar-refractivity contribution in [3.05, 3.63) is 39.7 Å². The summed E-state index contributed by atoms with van der Waals surface area (Å²) in [5, 5.41) is 12.8. The van der Waals surface area contributed by atoms with Crippen molar-refractivity contribution in [3.63, 3.8) is 0 Å². The van der Waals surface area contributed by atoms with Crippen LogP contribution in [-0.2, 0) is 4.79 Å². The van der Waals surface area contributed by atoms with Gasteiger partial charge in [-0.05, 0) is 19.1 Å². The molecule has 2 amide bonds. The van der Waals surface area contributed by atoms with Crippen LogP contribution in [0.15, 0.2) is 18.2 Å². The first-order chi connectivity index (χ1) is 9.23. The molecule has 0 radical (unpaired) electrons. The summed E-state index contributed by atoms with van der Waals surface area (Å²) in [6.45, 7) is 1.49. The first-order valence-corrected chi connectivity index (χ1v) is 5.70. The van der Waals surface area contributed by atoms with Crippen LogP contribution in [0.2, 0.25) is 0 Å². The van der Waals surface area contributed by atoms with Gasteiger partial charge < -0.3 is 10.2 Å². The molecular formula is C12H14FN3O4. The Balaban J connectivity index is 2.86. The van der Waals surface area contributed by atoms with Crippen molar-refractivity contribution in [1.82, 2.24) is 10.2 Å². The van der Waals surface area contributed by atoms with Gasteiger partial charge in [-0.25, -0.2) is 0 Å². The van der Waals surface area contributed by atoms with Crippen molar-refractivity contribution in [2.45, 2.75) is 13.0 Å². The summed E-state index contributed by atoms with van der Waals surface area (Å²) >= 11 is 0. The van der Waals surface area contributed by atoms with Gasteiger partial charge in [0, 0.05) is 25.7 Å². The van der Waals surface area contributed by atoms with Gasteiger partial charge in [-0.2, -0.15) is 4.39 Å². The molecule has 0 aliphatic rings. The SMILES string of the molecule is CC(NC(=O)c1ccc([N+](=O)[O-])c(F)c1)C(=O)N(C)C. The quantitative estimate of drug-likeness (QED) is 0.657. The molecule has 0 saturated heterocycles. The van der Waals surface area contributed by atoms with Crippen molar-refractivity contribution in [3.8, 4) is 0 Å². The van der Waals surface area contributed by atoms with E-state index in [0.717, 1.165) is 18.2 Å². The predicted octanol–water partition coefficient (Wildman–Crippen LogP) is 0.940. The molecule has 1 N–H and O–H groups in total. The highest BCUT2D eigenvalue weighted by atomic mass is 19.1. The highest BCUT2D eigenvalue weighted by Gasteiger charge is 2.20. The van der Waals surface area contributed by atoms with Crippen molar-refractivity contribution in [2.75, 3.05) is 14.1 Å². The third-order valence-corrected chi connectivity index (χ3v) is 2.57. The summed E-state index contributed by atoms with van der Waals surface area (Å²) < 4.78 is 13.4. The molecule has 1 aromatic carbocycles. The molecule has 0 spiro atoms. The number of nitrogens with zero attached hydrogens (tertiary/aromatic N) is 2. The normalized spacial score (nSPS) is 11.6. The highest BCUT2D eigenvalue weighted by molar-refractivity contribution is 5.97. The minimum Gasteiger partial charge on any atom is -0.347 e. The van der Waals surface area contributed by atoms with Crippen molar-refractivity contribution < 1.29 is 18.9 Å². The molecule has 8 heteroatoms. The molecule has 0 aliphatic carbocycles. The zero-order valence-corrected chi connectivity index (χ0v) is 11.2. The number of halogens is 1. The highest BCUT2D eigenvalue weighted by Crippen LogP contribution is 2.17. The van der Waals surface area contributed by atoms with E-state index in [0.29, 0.717) is 0 Å². The maximum Gasteiger partial charge on any atom is 0.304 e. The Morgan fingerprint density at radius 1 is 1.40 bits per heavy atom. The van der Waals surface area contributed by atoms with Crippen LogP contribution in [-0.4, -0.2) is 41.8 Å². The molecule has 0 saturated carbocycles. The molecule has 1 aromatic rings. The number of carbonyl (C=O) groups excluding carboxylic acids is 2. The summed E-state index contributed by atoms with van der Waals surface area (Å²) in [5.41, 5.74) is -0.800. The van der Waals surface area contributed by atoms with Gasteiger partial charge in [0.2, 0.25) is 11.7 Å². The number of hydrogen-bond donors (Lipinski definition) is 1. The lowest BCUT2D eigenvalue weighted by molar-refractivity contribution is -0.387. The molecule has 108 valence electrons. The van der Waals surface area contributed by atoms with Crippen LogP contribution in [0.3, 0.4) is 0 Å². The van der Waals surface area contributed by atoms with E-state index in [9.17, 15) is 24.1 Å². The minimum absolute atomic E-state index is 0.0912. The van der Waals surface area contributed by atoms with Gasteiger partial charge in [0.1, 0.15) is 6.04 Å². The van der Waals surface area contributed by atoms with Crippen LogP contribution in [0, 0.1) is 15.9 Å². The smallest absolute Gasteiger partial charge is 0.304 e. The fourth-order valence-electron chi connectivity index (χ4n) is 1.53. The fourth-order valence-corrected chi connectivity index (χ4v) is 1.53. The second-order valence-corrected chi connectivity index (χ2v) is 4.35. The lowest BCUT2D eigenvalue weighted by Gasteiger charge is -2.17. The number of rotatable bonds is 4. The van der Waals surface area contributed by atoms with Gasteiger partial charge in [-0.3, -0.25) is 19.7 Å². The number of likely N-dealkylation sites (N-methyl/N-ethyl adjacent to an activating group) is 1. The first-order valence-electron chi connectivity index (χ1n) is 5.70. The van der Waals surface area contributed by atoms with Crippen LogP contribution >= 0.6 is 0 Å². The molecule has 20 heavy (non-hydrogen) atoms. The monoisotopic (exact) mass is 283 g/mol. The Hall–Kier alpha value is -2.51. The second-order valence-electron chi connectivity index (χ2n) is 4.35. The topological polar surface area (TPSA) is 92.5 Å². The average Bonchev–Trinajstić information content (AvgIpc) is 2.36. The molecule has 0 aromatic heterocycles. The van der Waals surface area contributed by atoms with Gasteiger partial charge in [0.05, 0.1) is 4.92 Å². The van der Waals surface area contributed by atoms with Crippen LogP contribution in [0.5, 0.6) is 0 Å². The minimum atomic E-state index is -1.10. The maximum absolute atomic E-state index is 13.4. The van der Waals surface area contributed by atoms with Gasteiger partial charge in [-0.15, -0.1) is 0 Å². The van der Waals surface area contributed by atoms with Gasteiger partial charge in [0.25, 0.3) is 5.91 Å². The van der Waals surface area contributed by atoms with Gasteiger partial charge in [-0.1, -0.05) is 0 Å². The molecule has 7 nitrogen and oxygen atoms in total. The van der Waals surface area contributed by atoms with Crippen molar-refractivity contribution in [1.29, 1.82) is 0 Å². The largest absolute Gasteiger partial charge is 0.347 e. The zero-order valence-electron chi connectivity index (χ0n) is 11.2. The molecule has 0 heterocycles. The molecule has 0 fully saturated rings. The summed E-state index contributed by atoms with van der Waals surface area (Å²) in [6, 6.07) is 2.02. The number of nitrogens with one attached hydrogen (secondary N) is 1. The van der Waals surface area contributed by atoms with E-state index in [1.165, 1.54) is 25.9 Å². The van der Waals surface area contributed by atoms with Crippen LogP contribution in [0.25, 0.3) is 0 Å². The average molecular weight is 283 g/mol. The Labute approximate surface area is 114 Å². The summed E-state index contributed by atoms with van der Waals surface area (Å²) in [5.74, 6) is -2.10. The standard InChI is InChI=1S/C12H14FN3O4/c1-7(12(18)15(2)3)14-11(17)8-4-5-10(16(19)20)9(13)6-8/h4-7H,1-3H3,(H,14,17). The number of nitro benzene ring substituents is 1. The number of hydrogen-bond acceptors (Lipinski definition) is 4. The van der Waals surface area contributed by atoms with E-state index >= 15 is 0 Å².